The second-order valence-electron chi connectivity index (χ2n) is 5.30. The van der Waals surface area contributed by atoms with Gasteiger partial charge in [-0.15, -0.1) is 0 Å². The summed E-state index contributed by atoms with van der Waals surface area (Å²) in [6.45, 7) is 1.72. The molecule has 0 radical (unpaired) electrons. The summed E-state index contributed by atoms with van der Waals surface area (Å²) in [4.78, 5) is 15.9. The highest BCUT2D eigenvalue weighted by atomic mass is 32.2. The molecule has 1 amide bonds. The Morgan fingerprint density at radius 3 is 2.54 bits per heavy atom. The van der Waals surface area contributed by atoms with Gasteiger partial charge in [0.25, 0.3) is 0 Å². The Morgan fingerprint density at radius 1 is 1.21 bits per heavy atom. The first kappa shape index (κ1) is 18.0. The molecule has 0 saturated heterocycles. The number of amides is 1. The molecule has 8 heteroatoms. The molecule has 2 aromatic rings. The third kappa shape index (κ3) is 5.71. The van der Waals surface area contributed by atoms with Crippen LogP contribution in [0.1, 0.15) is 18.1 Å². The lowest BCUT2D eigenvalue weighted by atomic mass is 10.2. The number of rotatable bonds is 7. The van der Waals surface area contributed by atoms with Gasteiger partial charge in [-0.2, -0.15) is 0 Å². The van der Waals surface area contributed by atoms with Crippen molar-refractivity contribution in [2.45, 2.75) is 25.3 Å². The minimum absolute atomic E-state index is 0.261. The molecule has 1 aromatic carbocycles. The summed E-state index contributed by atoms with van der Waals surface area (Å²) in [5.74, 6) is -1.21. The van der Waals surface area contributed by atoms with E-state index in [4.69, 9.17) is 0 Å². The van der Waals surface area contributed by atoms with Crippen LogP contribution in [0.5, 0.6) is 0 Å². The van der Waals surface area contributed by atoms with Crippen molar-refractivity contribution >= 4 is 15.9 Å². The van der Waals surface area contributed by atoms with Gasteiger partial charge in [-0.25, -0.2) is 17.5 Å². The van der Waals surface area contributed by atoms with E-state index in [1.54, 1.807) is 24.5 Å². The van der Waals surface area contributed by atoms with Gasteiger partial charge in [0.1, 0.15) is 5.82 Å². The Balaban J connectivity index is 1.88. The molecule has 0 saturated carbocycles. The van der Waals surface area contributed by atoms with Crippen molar-refractivity contribution in [3.8, 4) is 0 Å². The predicted molar refractivity (Wildman–Crippen MR) is 87.7 cm³/mol. The number of pyridine rings is 1. The van der Waals surface area contributed by atoms with E-state index in [0.717, 1.165) is 5.56 Å². The lowest BCUT2D eigenvalue weighted by molar-refractivity contribution is -0.122. The highest BCUT2D eigenvalue weighted by molar-refractivity contribution is 7.88. The van der Waals surface area contributed by atoms with Crippen LogP contribution in [0.2, 0.25) is 0 Å². The molecule has 2 rings (SSSR count). The van der Waals surface area contributed by atoms with E-state index in [-0.39, 0.29) is 12.3 Å². The van der Waals surface area contributed by atoms with E-state index in [0.29, 0.717) is 5.56 Å². The molecule has 0 unspecified atom stereocenters. The topological polar surface area (TPSA) is 88.2 Å². The molecule has 1 aromatic heterocycles. The third-order valence-electron chi connectivity index (χ3n) is 3.21. The summed E-state index contributed by atoms with van der Waals surface area (Å²) >= 11 is 0. The molecule has 1 atom stereocenters. The normalized spacial score (nSPS) is 12.6. The molecule has 0 fully saturated rings. The zero-order chi connectivity index (χ0) is 17.6. The number of hydrogen-bond donors (Lipinski definition) is 2. The number of aromatic nitrogens is 1. The van der Waals surface area contributed by atoms with Gasteiger partial charge in [-0.1, -0.05) is 18.2 Å². The van der Waals surface area contributed by atoms with Crippen LogP contribution in [-0.4, -0.2) is 25.4 Å². The molecule has 24 heavy (non-hydrogen) atoms. The zero-order valence-electron chi connectivity index (χ0n) is 13.1. The molecular weight excluding hydrogens is 333 g/mol. The van der Waals surface area contributed by atoms with Crippen LogP contribution in [0.15, 0.2) is 48.8 Å². The summed E-state index contributed by atoms with van der Waals surface area (Å²) in [7, 11) is -3.72. The Hall–Kier alpha value is -2.32. The first-order chi connectivity index (χ1) is 11.4. The minimum atomic E-state index is -3.72. The largest absolute Gasteiger partial charge is 0.351 e. The molecule has 2 N–H and O–H groups in total. The van der Waals surface area contributed by atoms with Crippen LogP contribution in [0.4, 0.5) is 4.39 Å². The SMILES string of the molecule is C[C@@H](NS(=O)(=O)Cc1ccc(F)cc1)C(=O)NCc1cccnc1. The number of carbonyl (C=O) groups excluding carboxylic acids is 1. The number of nitrogens with zero attached hydrogens (tertiary/aromatic N) is 1. The molecule has 0 bridgehead atoms. The fraction of sp³-hybridized carbons (Fsp3) is 0.250. The predicted octanol–water partition coefficient (Wildman–Crippen LogP) is 1.34. The van der Waals surface area contributed by atoms with Crippen molar-refractivity contribution in [1.29, 1.82) is 0 Å². The zero-order valence-corrected chi connectivity index (χ0v) is 13.9. The van der Waals surface area contributed by atoms with Crippen molar-refractivity contribution in [3.63, 3.8) is 0 Å². The van der Waals surface area contributed by atoms with Crippen LogP contribution in [0.3, 0.4) is 0 Å². The number of nitrogens with one attached hydrogen (secondary N) is 2. The van der Waals surface area contributed by atoms with Gasteiger partial charge in [-0.3, -0.25) is 9.78 Å². The van der Waals surface area contributed by atoms with E-state index in [1.165, 1.54) is 31.2 Å². The summed E-state index contributed by atoms with van der Waals surface area (Å²) < 4.78 is 39.3. The molecule has 0 spiro atoms. The van der Waals surface area contributed by atoms with Crippen molar-refractivity contribution in [1.82, 2.24) is 15.0 Å². The van der Waals surface area contributed by atoms with E-state index < -0.39 is 27.8 Å². The third-order valence-corrected chi connectivity index (χ3v) is 4.64. The summed E-state index contributed by atoms with van der Waals surface area (Å²) in [5, 5.41) is 2.64. The minimum Gasteiger partial charge on any atom is -0.351 e. The first-order valence-corrected chi connectivity index (χ1v) is 8.92. The van der Waals surface area contributed by atoms with Crippen LogP contribution >= 0.6 is 0 Å². The van der Waals surface area contributed by atoms with Gasteiger partial charge in [-0.05, 0) is 36.2 Å². The van der Waals surface area contributed by atoms with E-state index in [2.05, 4.69) is 15.0 Å². The quantitative estimate of drug-likeness (QED) is 0.788. The number of sulfonamides is 1. The Bertz CT molecular complexity index is 780. The molecular formula is C16H18FN3O3S. The average molecular weight is 351 g/mol. The number of hydrogen-bond acceptors (Lipinski definition) is 4. The second kappa shape index (κ2) is 7.98. The lowest BCUT2D eigenvalue weighted by Crippen LogP contribution is -2.44. The van der Waals surface area contributed by atoms with Crippen molar-refractivity contribution < 1.29 is 17.6 Å². The molecule has 0 aliphatic rings. The van der Waals surface area contributed by atoms with Gasteiger partial charge in [0.15, 0.2) is 0 Å². The summed E-state index contributed by atoms with van der Waals surface area (Å²) in [6.07, 6.45) is 3.24. The van der Waals surface area contributed by atoms with Gasteiger partial charge >= 0.3 is 0 Å². The Kier molecular flexibility index (Phi) is 5.99. The maximum Gasteiger partial charge on any atom is 0.238 e. The van der Waals surface area contributed by atoms with Crippen molar-refractivity contribution in [2.24, 2.45) is 0 Å². The Morgan fingerprint density at radius 2 is 1.92 bits per heavy atom. The maximum atomic E-state index is 12.8. The standard InChI is InChI=1S/C16H18FN3O3S/c1-12(16(21)19-10-14-3-2-8-18-9-14)20-24(22,23)11-13-4-6-15(17)7-5-13/h2-9,12,20H,10-11H2,1H3,(H,19,21)/t12-/m1/s1. The monoisotopic (exact) mass is 351 g/mol. The molecule has 128 valence electrons. The van der Waals surface area contributed by atoms with Gasteiger partial charge in [0, 0.05) is 18.9 Å². The number of benzene rings is 1. The van der Waals surface area contributed by atoms with Gasteiger partial charge in [0.2, 0.25) is 15.9 Å². The Labute approximate surface area is 140 Å². The van der Waals surface area contributed by atoms with Crippen LogP contribution in [-0.2, 0) is 27.1 Å². The van der Waals surface area contributed by atoms with E-state index >= 15 is 0 Å². The van der Waals surface area contributed by atoms with Gasteiger partial charge in [0.05, 0.1) is 11.8 Å². The van der Waals surface area contributed by atoms with Gasteiger partial charge < -0.3 is 5.32 Å². The van der Waals surface area contributed by atoms with Crippen molar-refractivity contribution in [3.05, 3.63) is 65.7 Å². The average Bonchev–Trinajstić information content (AvgIpc) is 2.55. The second-order valence-corrected chi connectivity index (χ2v) is 7.06. The molecule has 1 heterocycles. The van der Waals surface area contributed by atoms with Crippen LogP contribution < -0.4 is 10.0 Å². The molecule has 0 aliphatic heterocycles. The number of carbonyl (C=O) groups is 1. The highest BCUT2D eigenvalue weighted by Crippen LogP contribution is 2.07. The number of halogens is 1. The van der Waals surface area contributed by atoms with Crippen LogP contribution in [0.25, 0.3) is 0 Å². The highest BCUT2D eigenvalue weighted by Gasteiger charge is 2.20. The fourth-order valence-electron chi connectivity index (χ4n) is 2.01. The summed E-state index contributed by atoms with van der Waals surface area (Å²) in [6, 6.07) is 7.78. The van der Waals surface area contributed by atoms with E-state index in [9.17, 15) is 17.6 Å². The van der Waals surface area contributed by atoms with Crippen LogP contribution in [0, 0.1) is 5.82 Å². The van der Waals surface area contributed by atoms with Crippen molar-refractivity contribution in [2.75, 3.05) is 0 Å². The first-order valence-electron chi connectivity index (χ1n) is 7.27. The molecule has 6 nitrogen and oxygen atoms in total. The summed E-state index contributed by atoms with van der Waals surface area (Å²) in [5.41, 5.74) is 1.25. The fourth-order valence-corrected chi connectivity index (χ4v) is 3.37. The lowest BCUT2D eigenvalue weighted by Gasteiger charge is -2.14. The molecule has 0 aliphatic carbocycles. The smallest absolute Gasteiger partial charge is 0.238 e. The maximum absolute atomic E-state index is 12.8. The van der Waals surface area contributed by atoms with E-state index in [1.807, 2.05) is 0 Å².